The SMILES string of the molecule is CCCc1nnsc1C(=O)NC1CCN(c2nccc(C3CCOCC3)n2)C1. The second-order valence-corrected chi connectivity index (χ2v) is 8.13. The van der Waals surface area contributed by atoms with Gasteiger partial charge in [-0.3, -0.25) is 4.79 Å². The summed E-state index contributed by atoms with van der Waals surface area (Å²) in [7, 11) is 0. The van der Waals surface area contributed by atoms with Gasteiger partial charge in [-0.25, -0.2) is 9.97 Å². The molecular weight excluding hydrogens is 376 g/mol. The van der Waals surface area contributed by atoms with Crippen molar-refractivity contribution in [2.75, 3.05) is 31.2 Å². The zero-order valence-electron chi connectivity index (χ0n) is 16.1. The molecule has 4 rings (SSSR count). The van der Waals surface area contributed by atoms with Crippen molar-refractivity contribution in [3.63, 3.8) is 0 Å². The number of hydrogen-bond donors (Lipinski definition) is 1. The molecule has 0 aliphatic carbocycles. The zero-order valence-corrected chi connectivity index (χ0v) is 17.0. The van der Waals surface area contributed by atoms with Crippen molar-refractivity contribution < 1.29 is 9.53 Å². The lowest BCUT2D eigenvalue weighted by molar-refractivity contribution is 0.0845. The van der Waals surface area contributed by atoms with Crippen molar-refractivity contribution in [2.24, 2.45) is 0 Å². The van der Waals surface area contributed by atoms with E-state index in [1.54, 1.807) is 0 Å². The van der Waals surface area contributed by atoms with Crippen LogP contribution >= 0.6 is 11.5 Å². The van der Waals surface area contributed by atoms with E-state index >= 15 is 0 Å². The second kappa shape index (κ2) is 8.91. The number of anilines is 1. The minimum absolute atomic E-state index is 0.0674. The normalized spacial score (nSPS) is 20.5. The zero-order chi connectivity index (χ0) is 19.3. The minimum Gasteiger partial charge on any atom is -0.381 e. The van der Waals surface area contributed by atoms with Crippen LogP contribution in [0.4, 0.5) is 5.95 Å². The highest BCUT2D eigenvalue weighted by Gasteiger charge is 2.28. The van der Waals surface area contributed by atoms with Gasteiger partial charge < -0.3 is 15.0 Å². The predicted octanol–water partition coefficient (Wildman–Crippen LogP) is 2.18. The highest BCUT2D eigenvalue weighted by molar-refractivity contribution is 7.08. The maximum Gasteiger partial charge on any atom is 0.265 e. The van der Waals surface area contributed by atoms with Gasteiger partial charge in [-0.05, 0) is 43.3 Å². The monoisotopic (exact) mass is 402 g/mol. The summed E-state index contributed by atoms with van der Waals surface area (Å²) >= 11 is 1.17. The van der Waals surface area contributed by atoms with Gasteiger partial charge in [0.15, 0.2) is 0 Å². The average molecular weight is 403 g/mol. The van der Waals surface area contributed by atoms with E-state index in [2.05, 4.69) is 31.7 Å². The van der Waals surface area contributed by atoms with E-state index in [0.29, 0.717) is 10.8 Å². The molecule has 1 N–H and O–H groups in total. The van der Waals surface area contributed by atoms with Crippen molar-refractivity contribution in [1.29, 1.82) is 0 Å². The lowest BCUT2D eigenvalue weighted by atomic mass is 9.96. The first kappa shape index (κ1) is 19.2. The van der Waals surface area contributed by atoms with Gasteiger partial charge in [0.05, 0.1) is 5.69 Å². The average Bonchev–Trinajstić information content (AvgIpc) is 3.39. The Labute approximate surface area is 168 Å². The standard InChI is InChI=1S/C19H26N6O2S/c1-2-3-16-17(28-24-23-16)18(26)21-14-5-9-25(12-14)19-20-8-4-15(22-19)13-6-10-27-11-7-13/h4,8,13-14H,2-3,5-7,9-12H2,1H3,(H,21,26). The first-order valence-corrected chi connectivity index (χ1v) is 10.8. The smallest absolute Gasteiger partial charge is 0.265 e. The summed E-state index contributed by atoms with van der Waals surface area (Å²) in [5, 5.41) is 7.22. The third kappa shape index (κ3) is 4.30. The summed E-state index contributed by atoms with van der Waals surface area (Å²) in [6.07, 6.45) is 6.48. The molecule has 1 amide bonds. The molecule has 9 heteroatoms. The van der Waals surface area contributed by atoms with Gasteiger partial charge in [0.25, 0.3) is 5.91 Å². The van der Waals surface area contributed by atoms with Crippen LogP contribution < -0.4 is 10.2 Å². The molecule has 0 spiro atoms. The van der Waals surface area contributed by atoms with Crippen LogP contribution in [0.5, 0.6) is 0 Å². The summed E-state index contributed by atoms with van der Waals surface area (Å²) in [5.41, 5.74) is 1.90. The third-order valence-electron chi connectivity index (χ3n) is 5.36. The number of rotatable bonds is 6. The molecule has 0 aromatic carbocycles. The Kier molecular flexibility index (Phi) is 6.11. The third-order valence-corrected chi connectivity index (χ3v) is 6.13. The molecule has 0 saturated carbocycles. The Bertz CT molecular complexity index is 807. The molecule has 2 fully saturated rings. The topological polar surface area (TPSA) is 93.1 Å². The second-order valence-electron chi connectivity index (χ2n) is 7.37. The Morgan fingerprint density at radius 2 is 2.21 bits per heavy atom. The number of aromatic nitrogens is 4. The number of amides is 1. The van der Waals surface area contributed by atoms with Crippen molar-refractivity contribution in [1.82, 2.24) is 24.9 Å². The van der Waals surface area contributed by atoms with Crippen LogP contribution in [0.3, 0.4) is 0 Å². The highest BCUT2D eigenvalue weighted by Crippen LogP contribution is 2.27. The fourth-order valence-electron chi connectivity index (χ4n) is 3.83. The molecular formula is C19H26N6O2S. The fourth-order valence-corrected chi connectivity index (χ4v) is 4.44. The van der Waals surface area contributed by atoms with Crippen LogP contribution in [-0.4, -0.2) is 57.8 Å². The molecule has 4 heterocycles. The van der Waals surface area contributed by atoms with E-state index in [4.69, 9.17) is 9.72 Å². The van der Waals surface area contributed by atoms with Gasteiger partial charge in [0.2, 0.25) is 5.95 Å². The molecule has 28 heavy (non-hydrogen) atoms. The number of ether oxygens (including phenoxy) is 1. The fraction of sp³-hybridized carbons (Fsp3) is 0.632. The van der Waals surface area contributed by atoms with Gasteiger partial charge >= 0.3 is 0 Å². The lowest BCUT2D eigenvalue weighted by Crippen LogP contribution is -2.37. The van der Waals surface area contributed by atoms with Gasteiger partial charge in [0.1, 0.15) is 4.88 Å². The number of hydrogen-bond acceptors (Lipinski definition) is 8. The van der Waals surface area contributed by atoms with Crippen molar-refractivity contribution in [3.05, 3.63) is 28.5 Å². The largest absolute Gasteiger partial charge is 0.381 e. The van der Waals surface area contributed by atoms with Gasteiger partial charge in [0, 0.05) is 50.2 Å². The van der Waals surface area contributed by atoms with E-state index in [0.717, 1.165) is 75.7 Å². The molecule has 1 unspecified atom stereocenters. The Morgan fingerprint density at radius 1 is 1.36 bits per heavy atom. The van der Waals surface area contributed by atoms with Gasteiger partial charge in [-0.2, -0.15) is 0 Å². The molecule has 2 saturated heterocycles. The summed E-state index contributed by atoms with van der Waals surface area (Å²) < 4.78 is 9.40. The summed E-state index contributed by atoms with van der Waals surface area (Å²) in [6, 6.07) is 2.10. The predicted molar refractivity (Wildman–Crippen MR) is 107 cm³/mol. The molecule has 2 aliphatic heterocycles. The van der Waals surface area contributed by atoms with Crippen LogP contribution in [0.15, 0.2) is 12.3 Å². The Balaban J connectivity index is 1.37. The number of nitrogens with zero attached hydrogens (tertiary/aromatic N) is 5. The van der Waals surface area contributed by atoms with Gasteiger partial charge in [-0.1, -0.05) is 17.8 Å². The summed E-state index contributed by atoms with van der Waals surface area (Å²) in [4.78, 5) is 24.7. The van der Waals surface area contributed by atoms with Crippen molar-refractivity contribution >= 4 is 23.4 Å². The number of carbonyl (C=O) groups is 1. The van der Waals surface area contributed by atoms with Crippen LogP contribution in [0, 0.1) is 0 Å². The van der Waals surface area contributed by atoms with E-state index < -0.39 is 0 Å². The Hall–Kier alpha value is -2.13. The summed E-state index contributed by atoms with van der Waals surface area (Å²) in [5.74, 6) is 1.14. The molecule has 0 radical (unpaired) electrons. The van der Waals surface area contributed by atoms with Crippen LogP contribution in [-0.2, 0) is 11.2 Å². The molecule has 150 valence electrons. The van der Waals surface area contributed by atoms with E-state index in [1.807, 2.05) is 12.3 Å². The Morgan fingerprint density at radius 3 is 3.04 bits per heavy atom. The molecule has 2 aliphatic rings. The van der Waals surface area contributed by atoms with Crippen LogP contribution in [0.1, 0.15) is 59.6 Å². The van der Waals surface area contributed by atoms with Crippen LogP contribution in [0.25, 0.3) is 0 Å². The first-order valence-electron chi connectivity index (χ1n) is 10.0. The molecule has 0 bridgehead atoms. The van der Waals surface area contributed by atoms with Crippen molar-refractivity contribution in [2.45, 2.75) is 51.0 Å². The van der Waals surface area contributed by atoms with Gasteiger partial charge in [-0.15, -0.1) is 5.10 Å². The van der Waals surface area contributed by atoms with E-state index in [9.17, 15) is 4.79 Å². The molecule has 1 atom stereocenters. The van der Waals surface area contributed by atoms with E-state index in [1.165, 1.54) is 11.5 Å². The molecule has 2 aromatic heterocycles. The lowest BCUT2D eigenvalue weighted by Gasteiger charge is -2.23. The number of carbonyl (C=O) groups excluding carboxylic acids is 1. The maximum atomic E-state index is 12.6. The van der Waals surface area contributed by atoms with E-state index in [-0.39, 0.29) is 11.9 Å². The molecule has 2 aromatic rings. The van der Waals surface area contributed by atoms with Crippen molar-refractivity contribution in [3.8, 4) is 0 Å². The number of aryl methyl sites for hydroxylation is 1. The highest BCUT2D eigenvalue weighted by atomic mass is 32.1. The minimum atomic E-state index is -0.0674. The summed E-state index contributed by atoms with van der Waals surface area (Å²) in [6.45, 7) is 5.23. The first-order chi connectivity index (χ1) is 13.7. The maximum absolute atomic E-state index is 12.6. The van der Waals surface area contributed by atoms with Crippen LogP contribution in [0.2, 0.25) is 0 Å². The number of nitrogens with one attached hydrogen (secondary N) is 1. The molecule has 8 nitrogen and oxygen atoms in total. The quantitative estimate of drug-likeness (QED) is 0.791.